The summed E-state index contributed by atoms with van der Waals surface area (Å²) in [5.41, 5.74) is 6.17. The van der Waals surface area contributed by atoms with Crippen LogP contribution in [0.5, 0.6) is 0 Å². The van der Waals surface area contributed by atoms with Crippen LogP contribution in [-0.2, 0) is 0 Å². The summed E-state index contributed by atoms with van der Waals surface area (Å²) in [6.07, 6.45) is 0. The zero-order chi connectivity index (χ0) is 21.8. The minimum Gasteiger partial charge on any atom is -0.308 e. The molecule has 1 aromatic heterocycles. The lowest BCUT2D eigenvalue weighted by Gasteiger charge is -2.32. The lowest BCUT2D eigenvalue weighted by atomic mass is 10.1. The van der Waals surface area contributed by atoms with Crippen molar-refractivity contribution in [2.75, 3.05) is 4.90 Å². The first-order valence-electron chi connectivity index (χ1n) is 10.9. The number of hydrogen-bond donors (Lipinski definition) is 0. The van der Waals surface area contributed by atoms with Gasteiger partial charge in [0.1, 0.15) is 11.0 Å². The standard InChI is InChI=1S/C28H18N4S/c1-2-10-21-19(8-1)9-7-13-24(21)32-29-22-17-16-20(18-23(22)30-32)31-25-11-3-5-14-27(25)33-28-15-6-4-12-26(28)31/h1-18H. The van der Waals surface area contributed by atoms with Gasteiger partial charge >= 0.3 is 0 Å². The third kappa shape index (κ3) is 2.93. The predicted octanol–water partition coefficient (Wildman–Crippen LogP) is 7.51. The van der Waals surface area contributed by atoms with Gasteiger partial charge in [0.05, 0.1) is 17.1 Å². The van der Waals surface area contributed by atoms with Crippen LogP contribution in [-0.4, -0.2) is 15.0 Å². The zero-order valence-corrected chi connectivity index (χ0v) is 18.4. The molecule has 7 rings (SSSR count). The SMILES string of the molecule is c1ccc2c(c1)Sc1ccccc1N2c1ccc2nn(-c3cccc4ccccc34)nc2c1. The maximum absolute atomic E-state index is 4.87. The molecule has 5 heteroatoms. The van der Waals surface area contributed by atoms with Gasteiger partial charge in [0.2, 0.25) is 0 Å². The largest absolute Gasteiger partial charge is 0.308 e. The first kappa shape index (κ1) is 18.5. The molecule has 0 radical (unpaired) electrons. The predicted molar refractivity (Wildman–Crippen MR) is 135 cm³/mol. The molecule has 0 bridgehead atoms. The van der Waals surface area contributed by atoms with E-state index < -0.39 is 0 Å². The molecule has 0 atom stereocenters. The van der Waals surface area contributed by atoms with Gasteiger partial charge in [0, 0.05) is 20.9 Å². The quantitative estimate of drug-likeness (QED) is 0.277. The summed E-state index contributed by atoms with van der Waals surface area (Å²) in [5.74, 6) is 0. The summed E-state index contributed by atoms with van der Waals surface area (Å²) in [5, 5.41) is 12.0. The van der Waals surface area contributed by atoms with E-state index in [1.54, 1.807) is 4.80 Å². The fourth-order valence-corrected chi connectivity index (χ4v) is 5.57. The summed E-state index contributed by atoms with van der Waals surface area (Å²) >= 11 is 1.81. The van der Waals surface area contributed by atoms with Crippen LogP contribution in [0.3, 0.4) is 0 Å². The Kier molecular flexibility index (Phi) is 4.04. The van der Waals surface area contributed by atoms with E-state index in [2.05, 4.69) is 114 Å². The molecular formula is C28H18N4S. The van der Waals surface area contributed by atoms with Gasteiger partial charge in [0.25, 0.3) is 0 Å². The average Bonchev–Trinajstić information content (AvgIpc) is 3.30. The third-order valence-electron chi connectivity index (χ3n) is 6.04. The molecule has 0 amide bonds. The van der Waals surface area contributed by atoms with E-state index in [4.69, 9.17) is 10.2 Å². The lowest BCUT2D eigenvalue weighted by Crippen LogP contribution is -2.14. The minimum absolute atomic E-state index is 0.869. The van der Waals surface area contributed by atoms with Crippen LogP contribution in [0.1, 0.15) is 0 Å². The summed E-state index contributed by atoms with van der Waals surface area (Å²) in [6.45, 7) is 0. The minimum atomic E-state index is 0.869. The number of benzene rings is 5. The number of para-hydroxylation sites is 2. The fraction of sp³-hybridized carbons (Fsp3) is 0. The van der Waals surface area contributed by atoms with Crippen LogP contribution < -0.4 is 4.90 Å². The Hall–Kier alpha value is -4.09. The van der Waals surface area contributed by atoms with E-state index in [1.807, 2.05) is 11.8 Å². The molecule has 6 aromatic rings. The topological polar surface area (TPSA) is 34.0 Å². The van der Waals surface area contributed by atoms with Crippen LogP contribution >= 0.6 is 11.8 Å². The Bertz CT molecular complexity index is 1620. The Labute approximate surface area is 195 Å². The van der Waals surface area contributed by atoms with Crippen molar-refractivity contribution in [3.8, 4) is 5.69 Å². The molecule has 0 unspecified atom stereocenters. The molecule has 0 aliphatic carbocycles. The molecule has 0 saturated heterocycles. The van der Waals surface area contributed by atoms with Crippen LogP contribution in [0.25, 0.3) is 27.5 Å². The van der Waals surface area contributed by atoms with Crippen LogP contribution in [0.2, 0.25) is 0 Å². The maximum Gasteiger partial charge on any atom is 0.115 e. The number of rotatable bonds is 2. The van der Waals surface area contributed by atoms with Crippen molar-refractivity contribution in [1.82, 2.24) is 15.0 Å². The highest BCUT2D eigenvalue weighted by Crippen LogP contribution is 2.51. The maximum atomic E-state index is 4.87. The van der Waals surface area contributed by atoms with E-state index in [9.17, 15) is 0 Å². The molecule has 156 valence electrons. The molecule has 0 fully saturated rings. The molecule has 2 heterocycles. The second-order valence-corrected chi connectivity index (χ2v) is 9.12. The van der Waals surface area contributed by atoms with Crippen LogP contribution in [0.15, 0.2) is 119 Å². The Morgan fingerprint density at radius 2 is 1.18 bits per heavy atom. The van der Waals surface area contributed by atoms with Crippen molar-refractivity contribution >= 4 is 50.6 Å². The van der Waals surface area contributed by atoms with E-state index in [-0.39, 0.29) is 0 Å². The molecule has 5 aromatic carbocycles. The highest BCUT2D eigenvalue weighted by molar-refractivity contribution is 7.99. The van der Waals surface area contributed by atoms with Gasteiger partial charge < -0.3 is 4.90 Å². The zero-order valence-electron chi connectivity index (χ0n) is 17.6. The molecular weight excluding hydrogens is 424 g/mol. The van der Waals surface area contributed by atoms with Crippen molar-refractivity contribution in [3.05, 3.63) is 109 Å². The van der Waals surface area contributed by atoms with Gasteiger partial charge in [0.15, 0.2) is 0 Å². The number of fused-ring (bicyclic) bond motifs is 4. The van der Waals surface area contributed by atoms with E-state index in [0.717, 1.165) is 27.8 Å². The number of anilines is 3. The van der Waals surface area contributed by atoms with Crippen molar-refractivity contribution in [3.63, 3.8) is 0 Å². The van der Waals surface area contributed by atoms with Gasteiger partial charge in [-0.3, -0.25) is 0 Å². The second kappa shape index (κ2) is 7.22. The summed E-state index contributed by atoms with van der Waals surface area (Å²) in [4.78, 5) is 6.56. The normalized spacial score (nSPS) is 12.7. The van der Waals surface area contributed by atoms with Crippen molar-refractivity contribution in [1.29, 1.82) is 0 Å². The Morgan fingerprint density at radius 3 is 2.00 bits per heavy atom. The molecule has 0 spiro atoms. The summed E-state index contributed by atoms with van der Waals surface area (Å²) < 4.78 is 0. The molecule has 1 aliphatic rings. The van der Waals surface area contributed by atoms with Crippen molar-refractivity contribution in [2.45, 2.75) is 9.79 Å². The molecule has 33 heavy (non-hydrogen) atoms. The van der Waals surface area contributed by atoms with Gasteiger partial charge in [-0.05, 0) is 53.9 Å². The Balaban J connectivity index is 1.39. The smallest absolute Gasteiger partial charge is 0.115 e. The van der Waals surface area contributed by atoms with Crippen molar-refractivity contribution in [2.24, 2.45) is 0 Å². The number of aromatic nitrogens is 3. The van der Waals surface area contributed by atoms with E-state index in [0.29, 0.717) is 0 Å². The summed E-state index contributed by atoms with van der Waals surface area (Å²) in [7, 11) is 0. The number of nitrogens with zero attached hydrogens (tertiary/aromatic N) is 4. The highest BCUT2D eigenvalue weighted by atomic mass is 32.2. The molecule has 0 N–H and O–H groups in total. The third-order valence-corrected chi connectivity index (χ3v) is 7.17. The molecule has 0 saturated carbocycles. The number of hydrogen-bond acceptors (Lipinski definition) is 4. The van der Waals surface area contributed by atoms with Gasteiger partial charge in [-0.15, -0.1) is 15.0 Å². The lowest BCUT2D eigenvalue weighted by molar-refractivity contribution is 0.771. The monoisotopic (exact) mass is 442 g/mol. The highest BCUT2D eigenvalue weighted by Gasteiger charge is 2.24. The second-order valence-electron chi connectivity index (χ2n) is 8.03. The van der Waals surface area contributed by atoms with Crippen molar-refractivity contribution < 1.29 is 0 Å². The average molecular weight is 443 g/mol. The van der Waals surface area contributed by atoms with Gasteiger partial charge in [-0.2, -0.15) is 0 Å². The first-order valence-corrected chi connectivity index (χ1v) is 11.7. The fourth-order valence-electron chi connectivity index (χ4n) is 4.52. The van der Waals surface area contributed by atoms with E-state index >= 15 is 0 Å². The Morgan fingerprint density at radius 1 is 0.545 bits per heavy atom. The van der Waals surface area contributed by atoms with Gasteiger partial charge in [-0.1, -0.05) is 72.4 Å². The first-order chi connectivity index (χ1) is 16.3. The molecule has 1 aliphatic heterocycles. The molecule has 4 nitrogen and oxygen atoms in total. The van der Waals surface area contributed by atoms with E-state index in [1.165, 1.54) is 26.6 Å². The van der Waals surface area contributed by atoms with Crippen LogP contribution in [0.4, 0.5) is 17.1 Å². The summed E-state index contributed by atoms with van der Waals surface area (Å²) in [6, 6.07) is 38.0. The van der Waals surface area contributed by atoms with Gasteiger partial charge in [-0.25, -0.2) is 0 Å². The van der Waals surface area contributed by atoms with Crippen LogP contribution in [0, 0.1) is 0 Å².